The lowest BCUT2D eigenvalue weighted by Gasteiger charge is -2.28. The topological polar surface area (TPSA) is 99.9 Å². The van der Waals surface area contributed by atoms with Gasteiger partial charge in [-0.25, -0.2) is 4.79 Å². The Bertz CT molecular complexity index is 1260. The maximum absolute atomic E-state index is 13.0. The molecule has 172 valence electrons. The van der Waals surface area contributed by atoms with Crippen molar-refractivity contribution in [1.29, 1.82) is 0 Å². The monoisotopic (exact) mass is 478 g/mol. The summed E-state index contributed by atoms with van der Waals surface area (Å²) in [7, 11) is 3.09. The van der Waals surface area contributed by atoms with Crippen LogP contribution in [0.5, 0.6) is 0 Å². The lowest BCUT2D eigenvalue weighted by atomic mass is 9.81. The molecule has 2 atom stereocenters. The van der Waals surface area contributed by atoms with Crippen LogP contribution >= 0.6 is 23.2 Å². The predicted octanol–water partition coefficient (Wildman–Crippen LogP) is 2.97. The van der Waals surface area contributed by atoms with Crippen LogP contribution in [0.4, 0.5) is 5.95 Å². The third kappa shape index (κ3) is 4.31. The van der Waals surface area contributed by atoms with E-state index in [0.717, 1.165) is 29.5 Å². The van der Waals surface area contributed by atoms with Crippen molar-refractivity contribution in [3.8, 4) is 0 Å². The summed E-state index contributed by atoms with van der Waals surface area (Å²) >= 11 is 12.5. The number of nitrogens with one attached hydrogen (secondary N) is 1. The fourth-order valence-corrected chi connectivity index (χ4v) is 5.06. The summed E-state index contributed by atoms with van der Waals surface area (Å²) in [5.74, 6) is 1.57. The number of imidazole rings is 1. The van der Waals surface area contributed by atoms with Gasteiger partial charge in [-0.05, 0) is 55.3 Å². The molecule has 1 aliphatic rings. The van der Waals surface area contributed by atoms with Crippen molar-refractivity contribution in [3.63, 3.8) is 0 Å². The molecule has 0 spiro atoms. The first-order valence-electron chi connectivity index (χ1n) is 10.8. The van der Waals surface area contributed by atoms with E-state index in [1.165, 1.54) is 24.5 Å². The molecular weight excluding hydrogens is 451 g/mol. The molecule has 1 aromatic carbocycles. The molecule has 8 nitrogen and oxygen atoms in total. The van der Waals surface area contributed by atoms with E-state index < -0.39 is 11.2 Å². The number of rotatable bonds is 6. The molecule has 0 saturated heterocycles. The van der Waals surface area contributed by atoms with Gasteiger partial charge in [-0.3, -0.25) is 18.5 Å². The average molecular weight is 479 g/mol. The highest BCUT2D eigenvalue weighted by Crippen LogP contribution is 2.29. The molecule has 32 heavy (non-hydrogen) atoms. The Hall–Kier alpha value is -2.29. The third-order valence-electron chi connectivity index (χ3n) is 6.47. The van der Waals surface area contributed by atoms with E-state index in [4.69, 9.17) is 28.9 Å². The Morgan fingerprint density at radius 2 is 1.91 bits per heavy atom. The zero-order valence-electron chi connectivity index (χ0n) is 18.3. The Kier molecular flexibility index (Phi) is 6.65. The van der Waals surface area contributed by atoms with Crippen molar-refractivity contribution < 1.29 is 0 Å². The predicted molar refractivity (Wildman–Crippen MR) is 129 cm³/mol. The largest absolute Gasteiger partial charge is 0.355 e. The highest BCUT2D eigenvalue weighted by atomic mass is 35.5. The lowest BCUT2D eigenvalue weighted by molar-refractivity contribution is 0.281. The Balaban J connectivity index is 1.76. The van der Waals surface area contributed by atoms with E-state index in [0.29, 0.717) is 52.1 Å². The molecule has 2 heterocycles. The summed E-state index contributed by atoms with van der Waals surface area (Å²) in [6.07, 6.45) is 4.55. The van der Waals surface area contributed by atoms with Gasteiger partial charge < -0.3 is 11.1 Å². The van der Waals surface area contributed by atoms with Crippen LogP contribution in [-0.2, 0) is 20.6 Å². The summed E-state index contributed by atoms with van der Waals surface area (Å²) < 4.78 is 4.29. The molecule has 0 bridgehead atoms. The van der Waals surface area contributed by atoms with Gasteiger partial charge >= 0.3 is 5.69 Å². The Labute approximate surface area is 195 Å². The number of aryl methyl sites for hydroxylation is 1. The second kappa shape index (κ2) is 9.29. The van der Waals surface area contributed by atoms with Crippen molar-refractivity contribution in [2.24, 2.45) is 31.7 Å². The third-order valence-corrected chi connectivity index (χ3v) is 7.05. The van der Waals surface area contributed by atoms with Crippen LogP contribution < -0.4 is 22.3 Å². The van der Waals surface area contributed by atoms with Gasteiger partial charge in [0.05, 0.1) is 6.54 Å². The molecule has 3 N–H and O–H groups in total. The van der Waals surface area contributed by atoms with E-state index >= 15 is 0 Å². The van der Waals surface area contributed by atoms with E-state index in [9.17, 15) is 9.59 Å². The van der Waals surface area contributed by atoms with Crippen LogP contribution in [-0.4, -0.2) is 31.8 Å². The van der Waals surface area contributed by atoms with Crippen LogP contribution in [0, 0.1) is 11.8 Å². The van der Waals surface area contributed by atoms with Crippen molar-refractivity contribution in [3.05, 3.63) is 54.6 Å². The van der Waals surface area contributed by atoms with Gasteiger partial charge in [0.2, 0.25) is 5.95 Å². The van der Waals surface area contributed by atoms with Crippen molar-refractivity contribution in [1.82, 2.24) is 18.7 Å². The van der Waals surface area contributed by atoms with Crippen LogP contribution in [0.15, 0.2) is 27.8 Å². The van der Waals surface area contributed by atoms with Gasteiger partial charge in [0.25, 0.3) is 5.56 Å². The number of hydrogen-bond acceptors (Lipinski definition) is 5. The molecule has 1 fully saturated rings. The van der Waals surface area contributed by atoms with Gasteiger partial charge in [0.1, 0.15) is 0 Å². The minimum atomic E-state index is -0.415. The lowest BCUT2D eigenvalue weighted by Crippen LogP contribution is -2.37. The van der Waals surface area contributed by atoms with Crippen molar-refractivity contribution in [2.75, 3.05) is 18.4 Å². The smallest absolute Gasteiger partial charge is 0.332 e. The number of halogens is 2. The van der Waals surface area contributed by atoms with Crippen LogP contribution in [0.3, 0.4) is 0 Å². The minimum Gasteiger partial charge on any atom is -0.355 e. The molecule has 4 rings (SSSR count). The second-order valence-electron chi connectivity index (χ2n) is 8.65. The second-order valence-corrected chi connectivity index (χ2v) is 9.49. The number of anilines is 1. The normalized spacial score (nSPS) is 18.9. The molecule has 0 amide bonds. The standard InChI is InChI=1S/C22H28Cl2N6O2/c1-28-19-18(20(31)29(2)22(28)32)30(12-15-6-7-16(23)9-17(15)24)21(27-19)26-11-14-5-3-4-13(8-14)10-25/h6-7,9,13-14H,3-5,8,10-12,25H2,1-2H3,(H,26,27)/t13-,14+/m0/s1. The van der Waals surface area contributed by atoms with Gasteiger partial charge in [-0.1, -0.05) is 35.7 Å². The van der Waals surface area contributed by atoms with Crippen LogP contribution in [0.1, 0.15) is 31.2 Å². The first kappa shape index (κ1) is 22.9. The first-order valence-corrected chi connectivity index (χ1v) is 11.6. The van der Waals surface area contributed by atoms with Crippen molar-refractivity contribution in [2.45, 2.75) is 32.2 Å². The number of nitrogens with zero attached hydrogens (tertiary/aromatic N) is 4. The fraction of sp³-hybridized carbons (Fsp3) is 0.500. The van der Waals surface area contributed by atoms with Gasteiger partial charge in [0.15, 0.2) is 11.2 Å². The number of hydrogen-bond donors (Lipinski definition) is 2. The number of aromatic nitrogens is 4. The summed E-state index contributed by atoms with van der Waals surface area (Å²) in [6.45, 7) is 1.75. The first-order chi connectivity index (χ1) is 15.3. The van der Waals surface area contributed by atoms with Crippen molar-refractivity contribution >= 4 is 40.3 Å². The zero-order chi connectivity index (χ0) is 23.0. The molecule has 10 heteroatoms. The molecule has 0 unspecified atom stereocenters. The number of benzene rings is 1. The minimum absolute atomic E-state index is 0.318. The zero-order valence-corrected chi connectivity index (χ0v) is 19.8. The summed E-state index contributed by atoms with van der Waals surface area (Å²) in [6, 6.07) is 5.27. The van der Waals surface area contributed by atoms with Crippen LogP contribution in [0.2, 0.25) is 10.0 Å². The number of nitrogens with two attached hydrogens (primary N) is 1. The molecule has 3 aromatic rings. The van der Waals surface area contributed by atoms with Crippen LogP contribution in [0.25, 0.3) is 11.2 Å². The summed E-state index contributed by atoms with van der Waals surface area (Å²) in [5.41, 5.74) is 6.58. The van der Waals surface area contributed by atoms with E-state index in [1.54, 1.807) is 23.7 Å². The summed E-state index contributed by atoms with van der Waals surface area (Å²) in [4.78, 5) is 30.2. The Morgan fingerprint density at radius 3 is 2.62 bits per heavy atom. The molecule has 0 radical (unpaired) electrons. The Morgan fingerprint density at radius 1 is 1.16 bits per heavy atom. The highest BCUT2D eigenvalue weighted by Gasteiger charge is 2.23. The summed E-state index contributed by atoms with van der Waals surface area (Å²) in [5, 5.41) is 4.48. The molecule has 0 aliphatic heterocycles. The average Bonchev–Trinajstić information content (AvgIpc) is 3.15. The van der Waals surface area contributed by atoms with E-state index in [1.807, 2.05) is 6.07 Å². The van der Waals surface area contributed by atoms with Gasteiger partial charge in [-0.2, -0.15) is 4.98 Å². The molecule has 1 aliphatic carbocycles. The maximum Gasteiger partial charge on any atom is 0.332 e. The molecule has 2 aromatic heterocycles. The SMILES string of the molecule is Cn1c(=O)c2c(nc(NC[C@@H]3CCC[C@H](CN)C3)n2Cc2ccc(Cl)cc2Cl)n(C)c1=O. The number of fused-ring (bicyclic) bond motifs is 1. The van der Waals surface area contributed by atoms with E-state index in [-0.39, 0.29) is 0 Å². The van der Waals surface area contributed by atoms with Gasteiger partial charge in [0, 0.05) is 30.7 Å². The maximum atomic E-state index is 13.0. The quantitative estimate of drug-likeness (QED) is 0.567. The molecular formula is C22H28Cl2N6O2. The highest BCUT2D eigenvalue weighted by molar-refractivity contribution is 6.35. The van der Waals surface area contributed by atoms with E-state index in [2.05, 4.69) is 10.3 Å². The molecule has 1 saturated carbocycles. The van der Waals surface area contributed by atoms with Gasteiger partial charge in [-0.15, -0.1) is 0 Å². The fourth-order valence-electron chi connectivity index (χ4n) is 4.59.